The van der Waals surface area contributed by atoms with Crippen LogP contribution in [0.5, 0.6) is 0 Å². The number of non-ortho nitro benzene ring substituents is 1. The van der Waals surface area contributed by atoms with Gasteiger partial charge in [-0.25, -0.2) is 4.79 Å². The molecule has 0 radical (unpaired) electrons. The second-order valence-electron chi connectivity index (χ2n) is 7.41. The predicted molar refractivity (Wildman–Crippen MR) is 116 cm³/mol. The van der Waals surface area contributed by atoms with E-state index in [0.717, 1.165) is 17.0 Å². The number of Topliss-reactive ketones (excluding diaryl/α,β-unsaturated/α-hetero) is 1. The quantitative estimate of drug-likeness (QED) is 0.190. The molecule has 1 N–H and O–H groups in total. The van der Waals surface area contributed by atoms with Crippen molar-refractivity contribution in [1.29, 1.82) is 0 Å². The number of esters is 1. The second kappa shape index (κ2) is 9.65. The van der Waals surface area contributed by atoms with Crippen molar-refractivity contribution in [2.24, 2.45) is 0 Å². The van der Waals surface area contributed by atoms with Crippen LogP contribution in [0.1, 0.15) is 73.9 Å². The fourth-order valence-electron chi connectivity index (χ4n) is 3.64. The zero-order valence-electron chi connectivity index (χ0n) is 18.6. The number of imide groups is 1. The molecular formula is C22H21N3O9. The predicted octanol–water partition coefficient (Wildman–Crippen LogP) is 2.89. The third-order valence-corrected chi connectivity index (χ3v) is 5.12. The molecule has 0 atom stereocenters. The molecule has 2 heterocycles. The van der Waals surface area contributed by atoms with Crippen LogP contribution in [0.2, 0.25) is 0 Å². The van der Waals surface area contributed by atoms with Gasteiger partial charge in [0.15, 0.2) is 5.78 Å². The van der Waals surface area contributed by atoms with E-state index in [1.807, 2.05) is 0 Å². The number of ether oxygens (including phenoxy) is 1. The number of nitrogens with zero attached hydrogens (tertiary/aromatic N) is 2. The van der Waals surface area contributed by atoms with Crippen LogP contribution in [0.4, 0.5) is 11.6 Å². The van der Waals surface area contributed by atoms with Crippen molar-refractivity contribution in [2.45, 2.75) is 33.6 Å². The summed E-state index contributed by atoms with van der Waals surface area (Å²) in [5.41, 5.74) is -0.485. The topological polar surface area (TPSA) is 166 Å². The van der Waals surface area contributed by atoms with E-state index >= 15 is 0 Å². The Bertz CT molecular complexity index is 1230. The van der Waals surface area contributed by atoms with Gasteiger partial charge in [0.05, 0.1) is 28.2 Å². The lowest BCUT2D eigenvalue weighted by Crippen LogP contribution is -2.31. The molecule has 0 fully saturated rings. The van der Waals surface area contributed by atoms with Crippen molar-refractivity contribution in [1.82, 2.24) is 4.90 Å². The number of rotatable bonds is 9. The molecule has 1 aliphatic rings. The van der Waals surface area contributed by atoms with E-state index in [0.29, 0.717) is 0 Å². The Kier molecular flexibility index (Phi) is 6.89. The van der Waals surface area contributed by atoms with Crippen LogP contribution < -0.4 is 5.32 Å². The number of carbonyl (C=O) groups excluding carboxylic acids is 5. The molecule has 0 aliphatic carbocycles. The highest BCUT2D eigenvalue weighted by molar-refractivity contribution is 6.21. The second-order valence-corrected chi connectivity index (χ2v) is 7.41. The molecule has 1 aromatic heterocycles. The number of aryl methyl sites for hydroxylation is 1. The Labute approximate surface area is 193 Å². The van der Waals surface area contributed by atoms with Gasteiger partial charge in [-0.3, -0.25) is 39.5 Å². The standard InChI is InChI=1S/C22H21N3O9/c1-4-33-22(30)18-17(11(2)26)12(3)34-19(18)23-16(27)6-5-9-24-20(28)14-8-7-13(25(31)32)10-15(14)21(24)29/h7-8,10H,4-6,9H2,1-3H3,(H,23,27). The van der Waals surface area contributed by atoms with Gasteiger partial charge in [-0.2, -0.15) is 0 Å². The normalized spacial score (nSPS) is 12.5. The summed E-state index contributed by atoms with van der Waals surface area (Å²) in [5.74, 6) is -3.20. The van der Waals surface area contributed by atoms with E-state index < -0.39 is 34.4 Å². The van der Waals surface area contributed by atoms with Gasteiger partial charge in [-0.15, -0.1) is 0 Å². The van der Waals surface area contributed by atoms with Crippen molar-refractivity contribution in [3.8, 4) is 0 Å². The molecule has 0 bridgehead atoms. The Morgan fingerprint density at radius 1 is 1.15 bits per heavy atom. The summed E-state index contributed by atoms with van der Waals surface area (Å²) in [6, 6.07) is 3.41. The number of fused-ring (bicyclic) bond motifs is 1. The highest BCUT2D eigenvalue weighted by Crippen LogP contribution is 2.29. The van der Waals surface area contributed by atoms with Crippen molar-refractivity contribution < 1.29 is 38.1 Å². The van der Waals surface area contributed by atoms with Gasteiger partial charge in [0, 0.05) is 25.1 Å². The Balaban J connectivity index is 1.66. The number of hydrogen-bond donors (Lipinski definition) is 1. The van der Waals surface area contributed by atoms with E-state index in [4.69, 9.17) is 9.15 Å². The smallest absolute Gasteiger partial charge is 0.344 e. The molecule has 34 heavy (non-hydrogen) atoms. The van der Waals surface area contributed by atoms with E-state index in [9.17, 15) is 34.1 Å². The molecule has 0 unspecified atom stereocenters. The van der Waals surface area contributed by atoms with Crippen LogP contribution in [0.3, 0.4) is 0 Å². The lowest BCUT2D eigenvalue weighted by atomic mass is 10.1. The van der Waals surface area contributed by atoms with Crippen LogP contribution in [0, 0.1) is 17.0 Å². The molecule has 0 spiro atoms. The van der Waals surface area contributed by atoms with E-state index in [1.54, 1.807) is 6.92 Å². The summed E-state index contributed by atoms with van der Waals surface area (Å²) in [6.07, 6.45) is -0.0711. The number of carbonyl (C=O) groups is 5. The molecular weight excluding hydrogens is 450 g/mol. The molecule has 1 aromatic carbocycles. The molecule has 12 heteroatoms. The number of amides is 3. The van der Waals surface area contributed by atoms with E-state index in [-0.39, 0.29) is 65.6 Å². The van der Waals surface area contributed by atoms with Gasteiger partial charge in [-0.1, -0.05) is 0 Å². The van der Waals surface area contributed by atoms with Gasteiger partial charge < -0.3 is 9.15 Å². The van der Waals surface area contributed by atoms with Crippen molar-refractivity contribution in [3.05, 3.63) is 56.3 Å². The number of nitrogens with one attached hydrogen (secondary N) is 1. The lowest BCUT2D eigenvalue weighted by molar-refractivity contribution is -0.384. The fraction of sp³-hybridized carbons (Fsp3) is 0.318. The zero-order chi connectivity index (χ0) is 25.2. The van der Waals surface area contributed by atoms with Gasteiger partial charge in [0.2, 0.25) is 11.8 Å². The Morgan fingerprint density at radius 3 is 2.44 bits per heavy atom. The zero-order valence-corrected chi connectivity index (χ0v) is 18.6. The number of anilines is 1. The van der Waals surface area contributed by atoms with Crippen LogP contribution in [-0.2, 0) is 9.53 Å². The van der Waals surface area contributed by atoms with Gasteiger partial charge >= 0.3 is 5.97 Å². The maximum atomic E-state index is 12.5. The summed E-state index contributed by atoms with van der Waals surface area (Å²) in [5, 5.41) is 13.4. The molecule has 0 saturated heterocycles. The molecule has 0 saturated carbocycles. The van der Waals surface area contributed by atoms with Crippen molar-refractivity contribution in [3.63, 3.8) is 0 Å². The number of hydrogen-bond acceptors (Lipinski definition) is 9. The third kappa shape index (κ3) is 4.56. The average molecular weight is 471 g/mol. The van der Waals surface area contributed by atoms with Gasteiger partial charge in [0.25, 0.3) is 17.5 Å². The first-order valence-electron chi connectivity index (χ1n) is 10.3. The third-order valence-electron chi connectivity index (χ3n) is 5.12. The first kappa shape index (κ1) is 24.3. The SMILES string of the molecule is CCOC(=O)c1c(NC(=O)CCCN2C(=O)c3ccc([N+](=O)[O-])cc3C2=O)oc(C)c1C(C)=O. The summed E-state index contributed by atoms with van der Waals surface area (Å²) >= 11 is 0. The molecule has 178 valence electrons. The maximum Gasteiger partial charge on any atom is 0.344 e. The van der Waals surface area contributed by atoms with Crippen LogP contribution >= 0.6 is 0 Å². The van der Waals surface area contributed by atoms with Crippen LogP contribution in [0.25, 0.3) is 0 Å². The van der Waals surface area contributed by atoms with E-state index in [2.05, 4.69) is 5.32 Å². The summed E-state index contributed by atoms with van der Waals surface area (Å²) in [4.78, 5) is 72.9. The summed E-state index contributed by atoms with van der Waals surface area (Å²) < 4.78 is 10.4. The van der Waals surface area contributed by atoms with E-state index in [1.165, 1.54) is 19.9 Å². The largest absolute Gasteiger partial charge is 0.462 e. The Hall–Kier alpha value is -4.35. The first-order chi connectivity index (χ1) is 16.1. The first-order valence-corrected chi connectivity index (χ1v) is 10.3. The van der Waals surface area contributed by atoms with Crippen molar-refractivity contribution >= 4 is 41.0 Å². The van der Waals surface area contributed by atoms with Gasteiger partial charge in [-0.05, 0) is 33.3 Å². The Morgan fingerprint density at radius 2 is 1.82 bits per heavy atom. The maximum absolute atomic E-state index is 12.5. The number of furan rings is 1. The monoisotopic (exact) mass is 471 g/mol. The highest BCUT2D eigenvalue weighted by Gasteiger charge is 2.36. The fourth-order valence-corrected chi connectivity index (χ4v) is 3.64. The molecule has 3 amide bonds. The molecule has 2 aromatic rings. The molecule has 1 aliphatic heterocycles. The minimum atomic E-state index is -0.819. The summed E-state index contributed by atoms with van der Waals surface area (Å²) in [6.45, 7) is 4.27. The number of nitro groups is 1. The number of ketones is 1. The lowest BCUT2D eigenvalue weighted by Gasteiger charge is -2.13. The number of nitro benzene ring substituents is 1. The highest BCUT2D eigenvalue weighted by atomic mass is 16.6. The van der Waals surface area contributed by atoms with Gasteiger partial charge in [0.1, 0.15) is 11.3 Å². The molecule has 3 rings (SSSR count). The minimum absolute atomic E-state index is 0.00821. The summed E-state index contributed by atoms with van der Waals surface area (Å²) in [7, 11) is 0. The van der Waals surface area contributed by atoms with Crippen molar-refractivity contribution in [2.75, 3.05) is 18.5 Å². The average Bonchev–Trinajstić information content (AvgIpc) is 3.22. The minimum Gasteiger partial charge on any atom is -0.462 e. The molecule has 12 nitrogen and oxygen atoms in total. The van der Waals surface area contributed by atoms with Crippen LogP contribution in [-0.4, -0.2) is 52.4 Å². The number of benzene rings is 1. The van der Waals surface area contributed by atoms with Crippen LogP contribution in [0.15, 0.2) is 22.6 Å².